The van der Waals surface area contributed by atoms with Gasteiger partial charge in [-0.1, -0.05) is 12.1 Å². The Bertz CT molecular complexity index is 864. The molecule has 0 aliphatic carbocycles. The summed E-state index contributed by atoms with van der Waals surface area (Å²) in [6.45, 7) is 5.03. The Kier molecular flexibility index (Phi) is 3.91. The Balaban J connectivity index is 1.93. The van der Waals surface area contributed by atoms with E-state index in [-0.39, 0.29) is 22.4 Å². The van der Waals surface area contributed by atoms with E-state index in [2.05, 4.69) is 0 Å². The maximum Gasteiger partial charge on any atom is 0.341 e. The number of halogens is 1. The maximum absolute atomic E-state index is 14.4. The van der Waals surface area contributed by atoms with Gasteiger partial charge in [-0.25, -0.2) is 14.1 Å². The lowest BCUT2D eigenvalue weighted by Crippen LogP contribution is -2.29. The Hall–Kier alpha value is -3.02. The number of carbonyl (C=O) groups excluding carboxylic acids is 3. The van der Waals surface area contributed by atoms with Crippen LogP contribution in [0.4, 0.5) is 10.1 Å². The summed E-state index contributed by atoms with van der Waals surface area (Å²) in [5.41, 5.74) is -0.412. The molecule has 0 saturated heterocycles. The molecular weight excluding hydrogens is 325 g/mol. The van der Waals surface area contributed by atoms with Crippen LogP contribution >= 0.6 is 0 Å². The Morgan fingerprint density at radius 1 is 1.00 bits per heavy atom. The summed E-state index contributed by atoms with van der Waals surface area (Å²) >= 11 is 0. The van der Waals surface area contributed by atoms with E-state index in [1.54, 1.807) is 45.0 Å². The zero-order chi connectivity index (χ0) is 18.4. The van der Waals surface area contributed by atoms with Crippen molar-refractivity contribution in [1.82, 2.24) is 0 Å². The molecule has 3 rings (SSSR count). The molecular formula is C19H16FNO4. The Morgan fingerprint density at radius 2 is 1.56 bits per heavy atom. The normalized spacial score (nSPS) is 13.8. The molecule has 0 fully saturated rings. The van der Waals surface area contributed by atoms with Crippen LogP contribution < -0.4 is 4.90 Å². The minimum atomic E-state index is -0.858. The highest BCUT2D eigenvalue weighted by Crippen LogP contribution is 2.29. The summed E-state index contributed by atoms with van der Waals surface area (Å²) in [4.78, 5) is 37.7. The second-order valence-electron chi connectivity index (χ2n) is 6.66. The molecule has 0 saturated carbocycles. The molecule has 0 bridgehead atoms. The fraction of sp³-hybridized carbons (Fsp3) is 0.211. The van der Waals surface area contributed by atoms with Gasteiger partial charge in [0.15, 0.2) is 0 Å². The minimum absolute atomic E-state index is 0.0657. The Labute approximate surface area is 144 Å². The molecule has 2 amide bonds. The van der Waals surface area contributed by atoms with E-state index in [0.717, 1.165) is 11.0 Å². The summed E-state index contributed by atoms with van der Waals surface area (Å²) in [5, 5.41) is 0. The van der Waals surface area contributed by atoms with E-state index < -0.39 is 29.2 Å². The first-order chi connectivity index (χ1) is 11.7. The largest absolute Gasteiger partial charge is 0.456 e. The number of fused-ring (bicyclic) bond motifs is 1. The molecule has 0 aromatic heterocycles. The van der Waals surface area contributed by atoms with E-state index >= 15 is 0 Å². The van der Waals surface area contributed by atoms with Crippen LogP contribution in [0, 0.1) is 5.82 Å². The smallest absolute Gasteiger partial charge is 0.341 e. The molecule has 6 heteroatoms. The lowest BCUT2D eigenvalue weighted by molar-refractivity contribution is 0.00646. The molecule has 128 valence electrons. The van der Waals surface area contributed by atoms with Crippen molar-refractivity contribution in [2.24, 2.45) is 0 Å². The van der Waals surface area contributed by atoms with Crippen molar-refractivity contribution in [2.75, 3.05) is 4.90 Å². The number of carbonyl (C=O) groups is 3. The van der Waals surface area contributed by atoms with Crippen molar-refractivity contribution in [2.45, 2.75) is 26.4 Å². The SMILES string of the molecule is CC(C)(C)OC(=O)c1ccc(N2C(=O)c3ccccc3C2=O)cc1F. The number of amides is 2. The van der Waals surface area contributed by atoms with Crippen LogP contribution in [0.25, 0.3) is 0 Å². The van der Waals surface area contributed by atoms with Gasteiger partial charge < -0.3 is 4.74 Å². The van der Waals surface area contributed by atoms with Crippen LogP contribution in [0.5, 0.6) is 0 Å². The highest BCUT2D eigenvalue weighted by atomic mass is 19.1. The average Bonchev–Trinajstić information content (AvgIpc) is 2.77. The van der Waals surface area contributed by atoms with E-state index in [4.69, 9.17) is 4.74 Å². The summed E-state index contributed by atoms with van der Waals surface area (Å²) in [6.07, 6.45) is 0. The van der Waals surface area contributed by atoms with E-state index in [1.165, 1.54) is 12.1 Å². The molecule has 0 radical (unpaired) electrons. The quantitative estimate of drug-likeness (QED) is 0.619. The zero-order valence-corrected chi connectivity index (χ0v) is 14.0. The molecule has 0 atom stereocenters. The van der Waals surface area contributed by atoms with Gasteiger partial charge in [-0.3, -0.25) is 9.59 Å². The highest BCUT2D eigenvalue weighted by molar-refractivity contribution is 6.34. The van der Waals surface area contributed by atoms with Gasteiger partial charge >= 0.3 is 5.97 Å². The van der Waals surface area contributed by atoms with Crippen LogP contribution in [0.2, 0.25) is 0 Å². The first-order valence-corrected chi connectivity index (χ1v) is 7.70. The third kappa shape index (κ3) is 3.03. The minimum Gasteiger partial charge on any atom is -0.456 e. The van der Waals surface area contributed by atoms with E-state index in [0.29, 0.717) is 0 Å². The predicted octanol–water partition coefficient (Wildman–Crippen LogP) is 3.58. The van der Waals surface area contributed by atoms with E-state index in [1.807, 2.05) is 0 Å². The molecule has 2 aromatic carbocycles. The number of esters is 1. The van der Waals surface area contributed by atoms with Gasteiger partial charge in [0.2, 0.25) is 0 Å². The first-order valence-electron chi connectivity index (χ1n) is 7.70. The topological polar surface area (TPSA) is 63.7 Å². The highest BCUT2D eigenvalue weighted by Gasteiger charge is 2.36. The second kappa shape index (κ2) is 5.81. The maximum atomic E-state index is 14.4. The van der Waals surface area contributed by atoms with E-state index in [9.17, 15) is 18.8 Å². The van der Waals surface area contributed by atoms with Crippen LogP contribution in [0.15, 0.2) is 42.5 Å². The van der Waals surface area contributed by atoms with Gasteiger partial charge in [-0.15, -0.1) is 0 Å². The number of benzene rings is 2. The molecule has 0 N–H and O–H groups in total. The molecule has 0 spiro atoms. The van der Waals surface area contributed by atoms with Crippen LogP contribution in [0.1, 0.15) is 51.8 Å². The van der Waals surface area contributed by atoms with Crippen molar-refractivity contribution < 1.29 is 23.5 Å². The third-order valence-corrected chi connectivity index (χ3v) is 3.62. The van der Waals surface area contributed by atoms with Gasteiger partial charge in [0.25, 0.3) is 11.8 Å². The standard InChI is InChI=1S/C19H16FNO4/c1-19(2,3)25-18(24)14-9-8-11(10-15(14)20)21-16(22)12-6-4-5-7-13(12)17(21)23/h4-10H,1-3H3. The van der Waals surface area contributed by atoms with Crippen molar-refractivity contribution >= 4 is 23.5 Å². The number of hydrogen-bond acceptors (Lipinski definition) is 4. The fourth-order valence-electron chi connectivity index (χ4n) is 2.57. The number of rotatable bonds is 2. The van der Waals surface area contributed by atoms with Gasteiger partial charge in [-0.2, -0.15) is 0 Å². The second-order valence-corrected chi connectivity index (χ2v) is 6.66. The zero-order valence-electron chi connectivity index (χ0n) is 14.0. The average molecular weight is 341 g/mol. The summed E-state index contributed by atoms with van der Waals surface area (Å²) < 4.78 is 19.5. The molecule has 2 aromatic rings. The molecule has 5 nitrogen and oxygen atoms in total. The third-order valence-electron chi connectivity index (χ3n) is 3.62. The lowest BCUT2D eigenvalue weighted by Gasteiger charge is -2.20. The number of anilines is 1. The van der Waals surface area contributed by atoms with Crippen LogP contribution in [0.3, 0.4) is 0 Å². The fourth-order valence-corrected chi connectivity index (χ4v) is 2.57. The monoisotopic (exact) mass is 341 g/mol. The Morgan fingerprint density at radius 3 is 2.04 bits per heavy atom. The number of ether oxygens (including phenoxy) is 1. The van der Waals surface area contributed by atoms with Crippen LogP contribution in [-0.4, -0.2) is 23.4 Å². The summed E-state index contributed by atoms with van der Waals surface area (Å²) in [6, 6.07) is 9.94. The number of hydrogen-bond donors (Lipinski definition) is 0. The molecule has 0 unspecified atom stereocenters. The lowest BCUT2D eigenvalue weighted by atomic mass is 10.1. The first kappa shape index (κ1) is 16.8. The molecule has 25 heavy (non-hydrogen) atoms. The number of imide groups is 1. The summed E-state index contributed by atoms with van der Waals surface area (Å²) in [5.74, 6) is -2.71. The summed E-state index contributed by atoms with van der Waals surface area (Å²) in [7, 11) is 0. The predicted molar refractivity (Wildman–Crippen MR) is 89.2 cm³/mol. The molecule has 1 aliphatic heterocycles. The number of nitrogens with zero attached hydrogens (tertiary/aromatic N) is 1. The van der Waals surface area contributed by atoms with Gasteiger partial charge in [-0.05, 0) is 51.1 Å². The van der Waals surface area contributed by atoms with Crippen molar-refractivity contribution in [1.29, 1.82) is 0 Å². The van der Waals surface area contributed by atoms with Gasteiger partial charge in [0, 0.05) is 0 Å². The van der Waals surface area contributed by atoms with Crippen molar-refractivity contribution in [3.05, 3.63) is 65.0 Å². The van der Waals surface area contributed by atoms with Crippen molar-refractivity contribution in [3.8, 4) is 0 Å². The van der Waals surface area contributed by atoms with Gasteiger partial charge in [0.1, 0.15) is 11.4 Å². The molecule has 1 aliphatic rings. The van der Waals surface area contributed by atoms with Crippen LogP contribution in [-0.2, 0) is 4.74 Å². The van der Waals surface area contributed by atoms with Gasteiger partial charge in [0.05, 0.1) is 22.4 Å². The molecule has 1 heterocycles. The van der Waals surface area contributed by atoms with Crippen molar-refractivity contribution in [3.63, 3.8) is 0 Å².